The molecule has 0 amide bonds. The highest BCUT2D eigenvalue weighted by atomic mass is 16.3. The molecule has 0 aliphatic carbocycles. The van der Waals surface area contributed by atoms with Crippen molar-refractivity contribution in [3.63, 3.8) is 0 Å². The lowest BCUT2D eigenvalue weighted by atomic mass is 9.64. The van der Waals surface area contributed by atoms with Crippen molar-refractivity contribution in [1.82, 2.24) is 0 Å². The number of aliphatic hydroxyl groups is 1. The van der Waals surface area contributed by atoms with Gasteiger partial charge in [0.1, 0.15) is 7.28 Å². The van der Waals surface area contributed by atoms with Crippen molar-refractivity contribution in [1.29, 1.82) is 0 Å². The highest BCUT2D eigenvalue weighted by molar-refractivity contribution is 6.35. The molecule has 2 unspecified atom stereocenters. The van der Waals surface area contributed by atoms with Gasteiger partial charge < -0.3 is 5.11 Å². The normalized spacial score (nSPS) is 16.0. The van der Waals surface area contributed by atoms with E-state index >= 15 is 0 Å². The van der Waals surface area contributed by atoms with Gasteiger partial charge in [-0.2, -0.15) is 0 Å². The van der Waals surface area contributed by atoms with E-state index in [-0.39, 0.29) is 0 Å². The van der Waals surface area contributed by atoms with Crippen LogP contribution >= 0.6 is 0 Å². The van der Waals surface area contributed by atoms with Crippen LogP contribution in [0.1, 0.15) is 33.1 Å². The van der Waals surface area contributed by atoms with Gasteiger partial charge in [0.05, 0.1) is 0 Å². The first kappa shape index (κ1) is 11.0. The van der Waals surface area contributed by atoms with Crippen LogP contribution in [0.4, 0.5) is 0 Å². The maximum atomic E-state index is 9.00. The van der Waals surface area contributed by atoms with Gasteiger partial charge in [0.2, 0.25) is 0 Å². The maximum absolute atomic E-state index is 9.00. The Bertz CT molecular complexity index is 85.6. The van der Waals surface area contributed by atoms with Crippen LogP contribution in [0.2, 0.25) is 12.6 Å². The first-order valence-corrected chi connectivity index (χ1v) is 4.85. The standard InChI is InChI=1S/C9H21BO/c1-4-5-9(7-11)6-8(2)10-3/h8-11H,4-7H2,1-3H3. The number of hydrogen-bond donors (Lipinski definition) is 1. The van der Waals surface area contributed by atoms with E-state index in [0.717, 1.165) is 5.82 Å². The summed E-state index contributed by atoms with van der Waals surface area (Å²) in [5.74, 6) is 1.33. The third-order valence-electron chi connectivity index (χ3n) is 2.39. The Balaban J connectivity index is 3.49. The van der Waals surface area contributed by atoms with E-state index in [1.165, 1.54) is 26.5 Å². The molecular weight excluding hydrogens is 135 g/mol. The topological polar surface area (TPSA) is 20.2 Å². The van der Waals surface area contributed by atoms with Gasteiger partial charge >= 0.3 is 0 Å². The molecule has 1 nitrogen and oxygen atoms in total. The molecule has 66 valence electrons. The van der Waals surface area contributed by atoms with Crippen molar-refractivity contribution in [2.45, 2.75) is 45.8 Å². The van der Waals surface area contributed by atoms with Crippen LogP contribution in [0.15, 0.2) is 0 Å². The molecule has 0 rings (SSSR count). The molecule has 0 radical (unpaired) electrons. The van der Waals surface area contributed by atoms with Crippen molar-refractivity contribution < 1.29 is 5.11 Å². The zero-order valence-corrected chi connectivity index (χ0v) is 8.14. The maximum Gasteiger partial charge on any atom is 0.120 e. The lowest BCUT2D eigenvalue weighted by Gasteiger charge is -2.16. The van der Waals surface area contributed by atoms with E-state index in [1.54, 1.807) is 0 Å². The fourth-order valence-corrected chi connectivity index (χ4v) is 1.43. The van der Waals surface area contributed by atoms with E-state index in [2.05, 4.69) is 20.7 Å². The molecule has 0 saturated heterocycles. The molecule has 0 aromatic heterocycles. The molecule has 0 aromatic rings. The molecule has 0 aromatic carbocycles. The summed E-state index contributed by atoms with van der Waals surface area (Å²) in [6.07, 6.45) is 3.57. The van der Waals surface area contributed by atoms with E-state index in [9.17, 15) is 0 Å². The fraction of sp³-hybridized carbons (Fsp3) is 1.00. The minimum Gasteiger partial charge on any atom is -0.396 e. The summed E-state index contributed by atoms with van der Waals surface area (Å²) in [6, 6.07) is 0. The lowest BCUT2D eigenvalue weighted by Crippen LogP contribution is -2.10. The third-order valence-corrected chi connectivity index (χ3v) is 2.39. The molecule has 2 atom stereocenters. The average molecular weight is 156 g/mol. The van der Waals surface area contributed by atoms with Gasteiger partial charge in [-0.3, -0.25) is 0 Å². The molecule has 0 bridgehead atoms. The molecule has 0 aliphatic rings. The summed E-state index contributed by atoms with van der Waals surface area (Å²) in [6.45, 7) is 7.03. The van der Waals surface area contributed by atoms with Gasteiger partial charge in [0.15, 0.2) is 0 Å². The van der Waals surface area contributed by atoms with Crippen molar-refractivity contribution in [2.24, 2.45) is 5.92 Å². The van der Waals surface area contributed by atoms with Crippen LogP contribution in [-0.4, -0.2) is 19.0 Å². The SMILES string of the molecule is CBC(C)CC(CO)CCC. The Morgan fingerprint density at radius 2 is 2.09 bits per heavy atom. The van der Waals surface area contributed by atoms with Crippen LogP contribution in [0.3, 0.4) is 0 Å². The second-order valence-electron chi connectivity index (χ2n) is 3.59. The Labute approximate surface area is 71.4 Å². The molecular formula is C9H21BO. The molecule has 2 heteroatoms. The molecule has 1 N–H and O–H groups in total. The van der Waals surface area contributed by atoms with E-state index < -0.39 is 0 Å². The van der Waals surface area contributed by atoms with Crippen LogP contribution in [0.25, 0.3) is 0 Å². The summed E-state index contributed by atoms with van der Waals surface area (Å²) < 4.78 is 0. The lowest BCUT2D eigenvalue weighted by molar-refractivity contribution is 0.209. The van der Waals surface area contributed by atoms with Crippen LogP contribution in [-0.2, 0) is 0 Å². The van der Waals surface area contributed by atoms with Gasteiger partial charge in [-0.25, -0.2) is 0 Å². The predicted octanol–water partition coefficient (Wildman–Crippen LogP) is 2.08. The smallest absolute Gasteiger partial charge is 0.120 e. The fourth-order valence-electron chi connectivity index (χ4n) is 1.43. The Kier molecular flexibility index (Phi) is 6.73. The summed E-state index contributed by atoms with van der Waals surface area (Å²) in [7, 11) is 1.24. The van der Waals surface area contributed by atoms with Gasteiger partial charge in [0, 0.05) is 6.61 Å². The van der Waals surface area contributed by atoms with Crippen molar-refractivity contribution >= 4 is 7.28 Å². The second kappa shape index (κ2) is 6.72. The molecule has 0 fully saturated rings. The number of rotatable bonds is 6. The van der Waals surface area contributed by atoms with Crippen molar-refractivity contribution in [2.75, 3.05) is 6.61 Å². The minimum absolute atomic E-state index is 0.373. The van der Waals surface area contributed by atoms with Crippen LogP contribution in [0, 0.1) is 5.92 Å². The van der Waals surface area contributed by atoms with Crippen LogP contribution in [0.5, 0.6) is 0 Å². The first-order chi connectivity index (χ1) is 5.24. The molecule has 0 spiro atoms. The summed E-state index contributed by atoms with van der Waals surface area (Å²) in [5.41, 5.74) is 0. The molecule has 0 aliphatic heterocycles. The van der Waals surface area contributed by atoms with Gasteiger partial charge in [0.25, 0.3) is 0 Å². The number of hydrogen-bond acceptors (Lipinski definition) is 1. The Hall–Kier alpha value is 0.0249. The van der Waals surface area contributed by atoms with E-state index in [1.807, 2.05) is 0 Å². The van der Waals surface area contributed by atoms with Crippen molar-refractivity contribution in [3.8, 4) is 0 Å². The quantitative estimate of drug-likeness (QED) is 0.583. The summed E-state index contributed by atoms with van der Waals surface area (Å²) in [4.78, 5) is 0. The molecule has 11 heavy (non-hydrogen) atoms. The van der Waals surface area contributed by atoms with Gasteiger partial charge in [-0.1, -0.05) is 39.3 Å². The predicted molar refractivity (Wildman–Crippen MR) is 52.5 cm³/mol. The van der Waals surface area contributed by atoms with Crippen molar-refractivity contribution in [3.05, 3.63) is 0 Å². The molecule has 0 saturated carbocycles. The largest absolute Gasteiger partial charge is 0.396 e. The Morgan fingerprint density at radius 1 is 1.45 bits per heavy atom. The highest BCUT2D eigenvalue weighted by Crippen LogP contribution is 2.19. The average Bonchev–Trinajstić information content (AvgIpc) is 2.03. The first-order valence-electron chi connectivity index (χ1n) is 4.85. The molecule has 0 heterocycles. The minimum atomic E-state index is 0.373. The summed E-state index contributed by atoms with van der Waals surface area (Å²) >= 11 is 0. The zero-order chi connectivity index (χ0) is 8.69. The van der Waals surface area contributed by atoms with E-state index in [0.29, 0.717) is 12.5 Å². The van der Waals surface area contributed by atoms with Crippen LogP contribution < -0.4 is 0 Å². The highest BCUT2D eigenvalue weighted by Gasteiger charge is 2.10. The van der Waals surface area contributed by atoms with Gasteiger partial charge in [-0.05, 0) is 12.3 Å². The number of aliphatic hydroxyl groups excluding tert-OH is 1. The Morgan fingerprint density at radius 3 is 2.45 bits per heavy atom. The van der Waals surface area contributed by atoms with E-state index in [4.69, 9.17) is 5.11 Å². The third kappa shape index (κ3) is 5.31. The zero-order valence-electron chi connectivity index (χ0n) is 8.14. The summed E-state index contributed by atoms with van der Waals surface area (Å²) in [5, 5.41) is 9.00. The monoisotopic (exact) mass is 156 g/mol. The second-order valence-corrected chi connectivity index (χ2v) is 3.59. The van der Waals surface area contributed by atoms with Gasteiger partial charge in [-0.15, -0.1) is 0 Å².